The van der Waals surface area contributed by atoms with Crippen molar-refractivity contribution in [2.45, 2.75) is 13.3 Å². The van der Waals surface area contributed by atoms with E-state index in [1.54, 1.807) is 31.4 Å². The Kier molecular flexibility index (Phi) is 6.13. The zero-order valence-corrected chi connectivity index (χ0v) is 14.3. The third-order valence-corrected chi connectivity index (χ3v) is 3.52. The molecular formula is C17H16Cl2O4. The van der Waals surface area contributed by atoms with Crippen molar-refractivity contribution in [1.82, 2.24) is 0 Å². The summed E-state index contributed by atoms with van der Waals surface area (Å²) in [4.78, 5) is 12.2. The Morgan fingerprint density at radius 3 is 2.13 bits per heavy atom. The van der Waals surface area contributed by atoms with E-state index in [0.29, 0.717) is 23.9 Å². The second-order valence-electron chi connectivity index (χ2n) is 4.68. The molecule has 0 aliphatic carbocycles. The highest BCUT2D eigenvalue weighted by atomic mass is 35.5. The number of methoxy groups -OCH3 is 1. The Morgan fingerprint density at radius 1 is 1.04 bits per heavy atom. The Bertz CT molecular complexity index is 660. The first-order valence-electron chi connectivity index (χ1n) is 7.03. The van der Waals surface area contributed by atoms with Gasteiger partial charge < -0.3 is 14.2 Å². The molecule has 0 N–H and O–H groups in total. The minimum Gasteiger partial charge on any atom is -0.497 e. The highest BCUT2D eigenvalue weighted by Crippen LogP contribution is 2.34. The van der Waals surface area contributed by atoms with Gasteiger partial charge in [-0.1, -0.05) is 30.1 Å². The lowest BCUT2D eigenvalue weighted by Gasteiger charge is -2.11. The van der Waals surface area contributed by atoms with Crippen molar-refractivity contribution in [1.29, 1.82) is 0 Å². The molecule has 0 spiro atoms. The second kappa shape index (κ2) is 8.09. The van der Waals surface area contributed by atoms with Crippen molar-refractivity contribution in [3.05, 3.63) is 52.0 Å². The largest absolute Gasteiger partial charge is 0.497 e. The van der Waals surface area contributed by atoms with Gasteiger partial charge in [0.1, 0.15) is 11.5 Å². The summed E-state index contributed by atoms with van der Waals surface area (Å²) in [6, 6.07) is 9.63. The molecule has 0 aliphatic rings. The SMILES string of the molecule is CCCOc1c(Cl)cc(C(=O)Oc2ccc(OC)cc2)cc1Cl. The molecule has 0 heterocycles. The van der Waals surface area contributed by atoms with E-state index in [1.165, 1.54) is 12.1 Å². The lowest BCUT2D eigenvalue weighted by Crippen LogP contribution is -2.09. The molecule has 0 aromatic heterocycles. The summed E-state index contributed by atoms with van der Waals surface area (Å²) >= 11 is 12.2. The maximum absolute atomic E-state index is 12.2. The molecule has 6 heteroatoms. The van der Waals surface area contributed by atoms with Gasteiger partial charge in [0, 0.05) is 0 Å². The van der Waals surface area contributed by atoms with E-state index in [1.807, 2.05) is 6.92 Å². The van der Waals surface area contributed by atoms with E-state index < -0.39 is 5.97 Å². The summed E-state index contributed by atoms with van der Waals surface area (Å²) in [6.07, 6.45) is 0.827. The topological polar surface area (TPSA) is 44.8 Å². The van der Waals surface area contributed by atoms with E-state index in [0.717, 1.165) is 6.42 Å². The molecular weight excluding hydrogens is 339 g/mol. The highest BCUT2D eigenvalue weighted by molar-refractivity contribution is 6.37. The van der Waals surface area contributed by atoms with Crippen molar-refractivity contribution >= 4 is 29.2 Å². The zero-order valence-electron chi connectivity index (χ0n) is 12.8. The van der Waals surface area contributed by atoms with Crippen LogP contribution in [-0.4, -0.2) is 19.7 Å². The van der Waals surface area contributed by atoms with E-state index >= 15 is 0 Å². The number of carbonyl (C=O) groups is 1. The molecule has 0 bridgehead atoms. The van der Waals surface area contributed by atoms with E-state index in [9.17, 15) is 4.79 Å². The number of ether oxygens (including phenoxy) is 3. The van der Waals surface area contributed by atoms with Gasteiger partial charge in [-0.15, -0.1) is 0 Å². The quantitative estimate of drug-likeness (QED) is 0.540. The van der Waals surface area contributed by atoms with Gasteiger partial charge in [0.15, 0.2) is 5.75 Å². The molecule has 0 unspecified atom stereocenters. The maximum atomic E-state index is 12.2. The van der Waals surface area contributed by atoms with Crippen LogP contribution in [0.4, 0.5) is 0 Å². The first-order chi connectivity index (χ1) is 11.0. The molecule has 122 valence electrons. The second-order valence-corrected chi connectivity index (χ2v) is 5.50. The van der Waals surface area contributed by atoms with Gasteiger partial charge in [-0.05, 0) is 42.8 Å². The molecule has 2 rings (SSSR count). The van der Waals surface area contributed by atoms with Crippen molar-refractivity contribution in [2.75, 3.05) is 13.7 Å². The fourth-order valence-corrected chi connectivity index (χ4v) is 2.43. The van der Waals surface area contributed by atoms with E-state index in [4.69, 9.17) is 37.4 Å². The summed E-state index contributed by atoms with van der Waals surface area (Å²) in [6.45, 7) is 2.47. The van der Waals surface area contributed by atoms with Crippen molar-refractivity contribution in [3.63, 3.8) is 0 Å². The van der Waals surface area contributed by atoms with Gasteiger partial charge in [-0.25, -0.2) is 4.79 Å². The average molecular weight is 355 g/mol. The number of carbonyl (C=O) groups excluding carboxylic acids is 1. The minimum atomic E-state index is -0.555. The van der Waals surface area contributed by atoms with Crippen LogP contribution in [0.25, 0.3) is 0 Å². The lowest BCUT2D eigenvalue weighted by atomic mass is 10.2. The molecule has 23 heavy (non-hydrogen) atoms. The fraction of sp³-hybridized carbons (Fsp3) is 0.235. The third kappa shape index (κ3) is 4.53. The van der Waals surface area contributed by atoms with Gasteiger partial charge in [0.25, 0.3) is 0 Å². The Morgan fingerprint density at radius 2 is 1.61 bits per heavy atom. The van der Waals surface area contributed by atoms with Crippen LogP contribution in [0.15, 0.2) is 36.4 Å². The molecule has 0 radical (unpaired) electrons. The highest BCUT2D eigenvalue weighted by Gasteiger charge is 2.16. The van der Waals surface area contributed by atoms with Gasteiger partial charge in [0.2, 0.25) is 0 Å². The van der Waals surface area contributed by atoms with E-state index in [-0.39, 0.29) is 15.6 Å². The van der Waals surface area contributed by atoms with Gasteiger partial charge in [-0.3, -0.25) is 0 Å². The number of rotatable bonds is 6. The molecule has 2 aromatic carbocycles. The molecule has 2 aromatic rings. The number of halogens is 2. The van der Waals surface area contributed by atoms with E-state index in [2.05, 4.69) is 0 Å². The number of hydrogen-bond donors (Lipinski definition) is 0. The average Bonchev–Trinajstić information content (AvgIpc) is 2.54. The van der Waals surface area contributed by atoms with Crippen molar-refractivity contribution < 1.29 is 19.0 Å². The number of benzene rings is 2. The van der Waals surface area contributed by atoms with Crippen LogP contribution >= 0.6 is 23.2 Å². The van der Waals surface area contributed by atoms with Crippen LogP contribution in [0.1, 0.15) is 23.7 Å². The molecule has 0 aliphatic heterocycles. The number of hydrogen-bond acceptors (Lipinski definition) is 4. The van der Waals surface area contributed by atoms with Crippen LogP contribution in [0.5, 0.6) is 17.2 Å². The monoisotopic (exact) mass is 354 g/mol. The third-order valence-electron chi connectivity index (χ3n) is 2.95. The maximum Gasteiger partial charge on any atom is 0.343 e. The van der Waals surface area contributed by atoms with Gasteiger partial charge >= 0.3 is 5.97 Å². The van der Waals surface area contributed by atoms with Crippen molar-refractivity contribution in [3.8, 4) is 17.2 Å². The predicted octanol–water partition coefficient (Wildman–Crippen LogP) is 5.01. The van der Waals surface area contributed by atoms with Crippen LogP contribution < -0.4 is 14.2 Å². The predicted molar refractivity (Wildman–Crippen MR) is 90.2 cm³/mol. The first kappa shape index (κ1) is 17.4. The minimum absolute atomic E-state index is 0.250. The summed E-state index contributed by atoms with van der Waals surface area (Å²) in [5, 5.41) is 0.542. The normalized spacial score (nSPS) is 10.3. The molecule has 0 atom stereocenters. The Hall–Kier alpha value is -1.91. The molecule has 0 amide bonds. The van der Waals surface area contributed by atoms with Crippen LogP contribution in [0.2, 0.25) is 10.0 Å². The zero-order chi connectivity index (χ0) is 16.8. The van der Waals surface area contributed by atoms with Crippen molar-refractivity contribution in [2.24, 2.45) is 0 Å². The summed E-state index contributed by atoms with van der Waals surface area (Å²) in [5.41, 5.74) is 0.250. The van der Waals surface area contributed by atoms with Crippen LogP contribution in [0.3, 0.4) is 0 Å². The number of esters is 1. The molecule has 4 nitrogen and oxygen atoms in total. The standard InChI is InChI=1S/C17H16Cl2O4/c1-3-8-22-16-14(18)9-11(10-15(16)19)17(20)23-13-6-4-12(21-2)5-7-13/h4-7,9-10H,3,8H2,1-2H3. The lowest BCUT2D eigenvalue weighted by molar-refractivity contribution is 0.0734. The molecule has 0 saturated carbocycles. The molecule has 0 fully saturated rings. The fourth-order valence-electron chi connectivity index (χ4n) is 1.83. The van der Waals surface area contributed by atoms with Gasteiger partial charge in [0.05, 0.1) is 29.3 Å². The smallest absolute Gasteiger partial charge is 0.343 e. The first-order valence-corrected chi connectivity index (χ1v) is 7.78. The summed E-state index contributed by atoms with van der Waals surface area (Å²) < 4.78 is 15.8. The molecule has 0 saturated heterocycles. The Balaban J connectivity index is 2.15. The Labute approximate surface area is 144 Å². The van der Waals surface area contributed by atoms with Gasteiger partial charge in [-0.2, -0.15) is 0 Å². The van der Waals surface area contributed by atoms with Crippen LogP contribution in [0, 0.1) is 0 Å². The summed E-state index contributed by atoms with van der Waals surface area (Å²) in [7, 11) is 1.56. The summed E-state index contributed by atoms with van der Waals surface area (Å²) in [5.74, 6) is 0.889. The van der Waals surface area contributed by atoms with Crippen LogP contribution in [-0.2, 0) is 0 Å².